The van der Waals surface area contributed by atoms with Crippen molar-refractivity contribution in [2.75, 3.05) is 19.0 Å². The summed E-state index contributed by atoms with van der Waals surface area (Å²) in [6.45, 7) is 0.512. The molecule has 1 aromatic heterocycles. The number of nitrogens with zero attached hydrogens (tertiary/aromatic N) is 2. The SMILES string of the molecule is C#Cc1ccc(Nc2ncnc3cc(OC)c(OCCCCCCC(=O)NO)cc23)cc1. The molecule has 0 fully saturated rings. The first-order chi connectivity index (χ1) is 15.6. The van der Waals surface area contributed by atoms with Crippen LogP contribution in [-0.4, -0.2) is 34.8 Å². The molecule has 2 aromatic carbocycles. The number of anilines is 2. The quantitative estimate of drug-likeness (QED) is 0.180. The summed E-state index contributed by atoms with van der Waals surface area (Å²) >= 11 is 0. The van der Waals surface area contributed by atoms with E-state index in [0.717, 1.165) is 47.8 Å². The number of terminal acetylenes is 1. The second-order valence-electron chi connectivity index (χ2n) is 7.14. The van der Waals surface area contributed by atoms with Crippen LogP contribution in [0.5, 0.6) is 11.5 Å². The summed E-state index contributed by atoms with van der Waals surface area (Å²) < 4.78 is 11.4. The van der Waals surface area contributed by atoms with Gasteiger partial charge in [0.05, 0.1) is 19.2 Å². The van der Waals surface area contributed by atoms with Crippen LogP contribution in [0.3, 0.4) is 0 Å². The van der Waals surface area contributed by atoms with Gasteiger partial charge in [0, 0.05) is 29.1 Å². The number of unbranched alkanes of at least 4 members (excludes halogenated alkanes) is 3. The fourth-order valence-corrected chi connectivity index (χ4v) is 3.20. The lowest BCUT2D eigenvalue weighted by Gasteiger charge is -2.14. The Balaban J connectivity index is 1.67. The molecule has 0 aliphatic rings. The molecular weight excluding hydrogens is 408 g/mol. The average molecular weight is 434 g/mol. The molecule has 3 rings (SSSR count). The van der Waals surface area contributed by atoms with Gasteiger partial charge in [0.15, 0.2) is 11.5 Å². The van der Waals surface area contributed by atoms with E-state index in [-0.39, 0.29) is 5.91 Å². The van der Waals surface area contributed by atoms with Crippen LogP contribution in [0.1, 0.15) is 37.7 Å². The van der Waals surface area contributed by atoms with E-state index in [1.807, 2.05) is 36.4 Å². The zero-order chi connectivity index (χ0) is 22.8. The molecule has 0 spiro atoms. The molecule has 166 valence electrons. The lowest BCUT2D eigenvalue weighted by molar-refractivity contribution is -0.129. The zero-order valence-electron chi connectivity index (χ0n) is 17.9. The Hall–Kier alpha value is -3.83. The minimum atomic E-state index is -0.360. The van der Waals surface area contributed by atoms with Crippen LogP contribution in [-0.2, 0) is 4.79 Å². The number of carbonyl (C=O) groups excluding carboxylic acids is 1. The van der Waals surface area contributed by atoms with Crippen molar-refractivity contribution < 1.29 is 19.5 Å². The molecular formula is C24H26N4O4. The lowest BCUT2D eigenvalue weighted by Crippen LogP contribution is -2.17. The molecule has 0 atom stereocenters. The Morgan fingerprint density at radius 3 is 2.59 bits per heavy atom. The summed E-state index contributed by atoms with van der Waals surface area (Å²) in [6.07, 6.45) is 10.6. The third-order valence-electron chi connectivity index (χ3n) is 4.92. The van der Waals surface area contributed by atoms with E-state index in [0.29, 0.717) is 30.3 Å². The van der Waals surface area contributed by atoms with Gasteiger partial charge in [-0.1, -0.05) is 18.8 Å². The number of rotatable bonds is 11. The molecule has 0 radical (unpaired) electrons. The third-order valence-corrected chi connectivity index (χ3v) is 4.92. The van der Waals surface area contributed by atoms with Crippen molar-refractivity contribution in [2.24, 2.45) is 0 Å². The van der Waals surface area contributed by atoms with Crippen LogP contribution in [0.15, 0.2) is 42.7 Å². The summed E-state index contributed by atoms with van der Waals surface area (Å²) in [7, 11) is 1.59. The van der Waals surface area contributed by atoms with Gasteiger partial charge in [0.25, 0.3) is 0 Å². The maximum Gasteiger partial charge on any atom is 0.243 e. The number of hydrogen-bond acceptors (Lipinski definition) is 7. The number of amides is 1. The van der Waals surface area contributed by atoms with Gasteiger partial charge in [-0.2, -0.15) is 0 Å². The van der Waals surface area contributed by atoms with Crippen molar-refractivity contribution in [1.82, 2.24) is 15.4 Å². The van der Waals surface area contributed by atoms with Gasteiger partial charge in [-0.05, 0) is 43.2 Å². The maximum absolute atomic E-state index is 11.0. The molecule has 1 amide bonds. The van der Waals surface area contributed by atoms with E-state index >= 15 is 0 Å². The number of benzene rings is 2. The Morgan fingerprint density at radius 2 is 1.88 bits per heavy atom. The van der Waals surface area contributed by atoms with Crippen LogP contribution in [0, 0.1) is 12.3 Å². The van der Waals surface area contributed by atoms with Gasteiger partial charge in [0.2, 0.25) is 5.91 Å². The molecule has 8 nitrogen and oxygen atoms in total. The van der Waals surface area contributed by atoms with Crippen LogP contribution in [0.4, 0.5) is 11.5 Å². The third kappa shape index (κ3) is 6.09. The number of fused-ring (bicyclic) bond motifs is 1. The highest BCUT2D eigenvalue weighted by atomic mass is 16.5. The Kier molecular flexibility index (Phi) is 8.23. The molecule has 3 aromatic rings. The van der Waals surface area contributed by atoms with Gasteiger partial charge in [0.1, 0.15) is 12.1 Å². The predicted octanol–water partition coefficient (Wildman–Crippen LogP) is 4.20. The second-order valence-corrected chi connectivity index (χ2v) is 7.14. The highest BCUT2D eigenvalue weighted by molar-refractivity contribution is 5.93. The number of hydroxylamine groups is 1. The summed E-state index contributed by atoms with van der Waals surface area (Å²) in [5.41, 5.74) is 4.03. The number of carbonyl (C=O) groups is 1. The largest absolute Gasteiger partial charge is 0.493 e. The zero-order valence-corrected chi connectivity index (χ0v) is 17.9. The fourth-order valence-electron chi connectivity index (χ4n) is 3.20. The van der Waals surface area contributed by atoms with Crippen LogP contribution in [0.25, 0.3) is 10.9 Å². The smallest absolute Gasteiger partial charge is 0.243 e. The molecule has 0 saturated carbocycles. The molecule has 1 heterocycles. The first-order valence-electron chi connectivity index (χ1n) is 10.4. The first-order valence-corrected chi connectivity index (χ1v) is 10.4. The molecule has 0 saturated heterocycles. The standard InChI is InChI=1S/C24H26N4O4/c1-3-17-9-11-18(12-10-17)27-24-19-14-22(21(31-2)15-20(19)25-16-26-24)32-13-7-5-4-6-8-23(29)28-30/h1,9-12,14-16,30H,4-8,13H2,2H3,(H,28,29)(H,25,26,27). The normalized spacial score (nSPS) is 10.4. The van der Waals surface area contributed by atoms with Gasteiger partial charge >= 0.3 is 0 Å². The minimum absolute atomic E-state index is 0.317. The maximum atomic E-state index is 11.0. The fraction of sp³-hybridized carbons (Fsp3) is 0.292. The molecule has 0 bridgehead atoms. The Labute approximate surface area is 186 Å². The van der Waals surface area contributed by atoms with Gasteiger partial charge in [-0.15, -0.1) is 6.42 Å². The van der Waals surface area contributed by atoms with E-state index in [1.54, 1.807) is 12.6 Å². The topological polar surface area (TPSA) is 106 Å². The van der Waals surface area contributed by atoms with E-state index in [9.17, 15) is 4.79 Å². The molecule has 0 unspecified atom stereocenters. The monoisotopic (exact) mass is 434 g/mol. The van der Waals surface area contributed by atoms with E-state index in [2.05, 4.69) is 21.2 Å². The van der Waals surface area contributed by atoms with E-state index in [1.165, 1.54) is 6.33 Å². The van der Waals surface area contributed by atoms with Crippen molar-refractivity contribution in [1.29, 1.82) is 0 Å². The molecule has 0 aliphatic carbocycles. The number of nitrogens with one attached hydrogen (secondary N) is 2. The van der Waals surface area contributed by atoms with E-state index < -0.39 is 0 Å². The molecule has 0 aliphatic heterocycles. The van der Waals surface area contributed by atoms with Crippen molar-refractivity contribution in [3.8, 4) is 23.8 Å². The Morgan fingerprint density at radius 1 is 1.09 bits per heavy atom. The number of aromatic nitrogens is 2. The van der Waals surface area contributed by atoms with Crippen molar-refractivity contribution in [3.63, 3.8) is 0 Å². The van der Waals surface area contributed by atoms with Crippen LogP contribution in [0.2, 0.25) is 0 Å². The molecule has 3 N–H and O–H groups in total. The van der Waals surface area contributed by atoms with Crippen LogP contribution >= 0.6 is 0 Å². The minimum Gasteiger partial charge on any atom is -0.493 e. The van der Waals surface area contributed by atoms with Crippen LogP contribution < -0.4 is 20.3 Å². The van der Waals surface area contributed by atoms with Gasteiger partial charge in [-0.3, -0.25) is 10.0 Å². The molecule has 32 heavy (non-hydrogen) atoms. The van der Waals surface area contributed by atoms with Gasteiger partial charge in [-0.25, -0.2) is 15.4 Å². The highest BCUT2D eigenvalue weighted by Crippen LogP contribution is 2.34. The second kappa shape index (κ2) is 11.5. The predicted molar refractivity (Wildman–Crippen MR) is 122 cm³/mol. The summed E-state index contributed by atoms with van der Waals surface area (Å²) in [5, 5.41) is 12.6. The summed E-state index contributed by atoms with van der Waals surface area (Å²) in [6, 6.07) is 11.2. The number of ether oxygens (including phenoxy) is 2. The summed E-state index contributed by atoms with van der Waals surface area (Å²) in [5.74, 6) is 4.10. The molecule has 8 heteroatoms. The average Bonchev–Trinajstić information content (AvgIpc) is 2.83. The van der Waals surface area contributed by atoms with Crippen molar-refractivity contribution >= 4 is 28.3 Å². The van der Waals surface area contributed by atoms with Gasteiger partial charge < -0.3 is 14.8 Å². The van der Waals surface area contributed by atoms with Crippen molar-refractivity contribution in [2.45, 2.75) is 32.1 Å². The Bertz CT molecular complexity index is 1090. The number of methoxy groups -OCH3 is 1. The first kappa shape index (κ1) is 22.8. The van der Waals surface area contributed by atoms with Crippen molar-refractivity contribution in [3.05, 3.63) is 48.3 Å². The lowest BCUT2D eigenvalue weighted by atomic mass is 10.1. The number of hydrogen-bond donors (Lipinski definition) is 3. The van der Waals surface area contributed by atoms with E-state index in [4.69, 9.17) is 21.1 Å². The summed E-state index contributed by atoms with van der Waals surface area (Å²) in [4.78, 5) is 19.7. The highest BCUT2D eigenvalue weighted by Gasteiger charge is 2.12.